The minimum absolute atomic E-state index is 0.0756. The molecule has 1 saturated heterocycles. The first-order valence-electron chi connectivity index (χ1n) is 12.9. The number of nitrogens with two attached hydrogens (primary N) is 1. The smallest absolute Gasteiger partial charge is 0.342 e. The number of anilines is 1. The number of esters is 1. The van der Waals surface area contributed by atoms with Crippen LogP contribution in [0.25, 0.3) is 11.2 Å². The van der Waals surface area contributed by atoms with Crippen molar-refractivity contribution in [2.75, 3.05) is 26.1 Å². The number of carbonyl (C=O) groups excluding carboxylic acids is 1. The molecule has 3 heterocycles. The number of rotatable bonds is 11. The van der Waals surface area contributed by atoms with Gasteiger partial charge in [0.05, 0.1) is 26.7 Å². The molecular formula is C23H38N7O8P. The largest absolute Gasteiger partial charge is 0.479 e. The molecule has 2 aromatic rings. The molecule has 6 N–H and O–H groups in total. The van der Waals surface area contributed by atoms with E-state index in [9.17, 15) is 19.6 Å². The summed E-state index contributed by atoms with van der Waals surface area (Å²) in [7, 11) is -2.46. The van der Waals surface area contributed by atoms with Gasteiger partial charge in [-0.2, -0.15) is 9.97 Å². The molecular weight excluding hydrogens is 533 g/mol. The highest BCUT2D eigenvalue weighted by Crippen LogP contribution is 2.47. The average Bonchev–Trinajstić information content (AvgIpc) is 3.55. The minimum atomic E-state index is -3.87. The van der Waals surface area contributed by atoms with Crippen LogP contribution in [0.3, 0.4) is 0 Å². The van der Waals surface area contributed by atoms with Crippen molar-refractivity contribution >= 4 is 30.8 Å². The molecule has 0 spiro atoms. The molecule has 4 rings (SSSR count). The average molecular weight is 572 g/mol. The standard InChI is InChI=1S/C23H38N7O8P/c1-6-36-20(32)23(9-7-8-10-23)29-39(34,28-13(2)3)37-11-14-16(31)22(4,33)19(38-14)30-12-25-15-17(30)26-21(24)27-18(15)35-5/h12-14,16,19,31,33H,6-11H2,1-5H3,(H2,24,26,27)(H2,28,29,34)/t14-,16?,19-,22?,39?/m1/s1. The number of nitrogens with zero attached hydrogens (tertiary/aromatic N) is 4. The third-order valence-corrected chi connectivity index (χ3v) is 9.03. The molecule has 0 radical (unpaired) electrons. The highest BCUT2D eigenvalue weighted by Gasteiger charge is 2.55. The molecule has 0 aromatic carbocycles. The first-order chi connectivity index (χ1) is 18.4. The predicted octanol–water partition coefficient (Wildman–Crippen LogP) is 1.01. The predicted molar refractivity (Wildman–Crippen MR) is 140 cm³/mol. The number of aliphatic hydroxyl groups is 2. The van der Waals surface area contributed by atoms with Gasteiger partial charge in [-0.15, -0.1) is 0 Å². The Bertz CT molecular complexity index is 1230. The van der Waals surface area contributed by atoms with E-state index < -0.39 is 43.2 Å². The molecule has 2 aromatic heterocycles. The summed E-state index contributed by atoms with van der Waals surface area (Å²) in [5.41, 5.74) is 3.34. The van der Waals surface area contributed by atoms with Crippen LogP contribution in [0.1, 0.15) is 59.6 Å². The van der Waals surface area contributed by atoms with Gasteiger partial charge in [0.15, 0.2) is 17.4 Å². The van der Waals surface area contributed by atoms with Crippen molar-refractivity contribution in [2.24, 2.45) is 0 Å². The van der Waals surface area contributed by atoms with E-state index in [1.807, 2.05) is 0 Å². The molecule has 2 aliphatic rings. The minimum Gasteiger partial charge on any atom is -0.479 e. The molecule has 1 saturated carbocycles. The maximum atomic E-state index is 14.0. The van der Waals surface area contributed by atoms with E-state index >= 15 is 0 Å². The van der Waals surface area contributed by atoms with E-state index in [4.69, 9.17) is 24.5 Å². The second kappa shape index (κ2) is 11.2. The van der Waals surface area contributed by atoms with Gasteiger partial charge in [-0.25, -0.2) is 15.2 Å². The molecule has 15 nitrogen and oxygen atoms in total. The number of imidazole rings is 1. The van der Waals surface area contributed by atoms with Gasteiger partial charge in [0.2, 0.25) is 11.8 Å². The number of aromatic nitrogens is 4. The lowest BCUT2D eigenvalue weighted by Gasteiger charge is -2.34. The Labute approximate surface area is 226 Å². The molecule has 1 aliphatic carbocycles. The van der Waals surface area contributed by atoms with Gasteiger partial charge in [-0.3, -0.25) is 13.9 Å². The Morgan fingerprint density at radius 2 is 2.05 bits per heavy atom. The van der Waals surface area contributed by atoms with Gasteiger partial charge in [-0.05, 0) is 40.5 Å². The van der Waals surface area contributed by atoms with Crippen LogP contribution in [0.15, 0.2) is 6.33 Å². The van der Waals surface area contributed by atoms with E-state index in [-0.39, 0.29) is 42.2 Å². The third-order valence-electron chi connectivity index (χ3n) is 6.94. The Morgan fingerprint density at radius 3 is 2.67 bits per heavy atom. The van der Waals surface area contributed by atoms with Gasteiger partial charge in [0.1, 0.15) is 23.3 Å². The zero-order valence-corrected chi connectivity index (χ0v) is 23.7. The summed E-state index contributed by atoms with van der Waals surface area (Å²) in [6.45, 7) is 6.51. The molecule has 2 fully saturated rings. The van der Waals surface area contributed by atoms with Crippen molar-refractivity contribution in [1.29, 1.82) is 0 Å². The first-order valence-corrected chi connectivity index (χ1v) is 14.6. The number of hydrogen-bond acceptors (Lipinski definition) is 12. The van der Waals surface area contributed by atoms with Crippen LogP contribution < -0.4 is 20.6 Å². The number of methoxy groups -OCH3 is 1. The summed E-state index contributed by atoms with van der Waals surface area (Å²) in [6, 6.07) is -0.272. The summed E-state index contributed by atoms with van der Waals surface area (Å²) < 4.78 is 37.8. The lowest BCUT2D eigenvalue weighted by molar-refractivity contribution is -0.150. The second-order valence-corrected chi connectivity index (χ2v) is 12.2. The van der Waals surface area contributed by atoms with Crippen LogP contribution in [0.2, 0.25) is 0 Å². The van der Waals surface area contributed by atoms with E-state index in [0.717, 1.165) is 12.8 Å². The summed E-state index contributed by atoms with van der Waals surface area (Å²) in [5.74, 6) is -0.419. The van der Waals surface area contributed by atoms with Crippen LogP contribution in [-0.2, 0) is 23.4 Å². The summed E-state index contributed by atoms with van der Waals surface area (Å²) in [5, 5.41) is 28.1. The summed E-state index contributed by atoms with van der Waals surface area (Å²) >= 11 is 0. The van der Waals surface area contributed by atoms with Crippen molar-refractivity contribution in [1.82, 2.24) is 29.7 Å². The number of nitrogen functional groups attached to an aromatic ring is 1. The number of fused-ring (bicyclic) bond motifs is 1. The van der Waals surface area contributed by atoms with Gasteiger partial charge in [0.25, 0.3) is 0 Å². The van der Waals surface area contributed by atoms with Crippen LogP contribution in [-0.4, -0.2) is 85.4 Å². The highest BCUT2D eigenvalue weighted by molar-refractivity contribution is 7.54. The normalized spacial score (nSPS) is 28.2. The lowest BCUT2D eigenvalue weighted by Crippen LogP contribution is -2.52. The monoisotopic (exact) mass is 571 g/mol. The zero-order chi connectivity index (χ0) is 28.6. The molecule has 0 bridgehead atoms. The first kappa shape index (κ1) is 29.6. The van der Waals surface area contributed by atoms with Crippen LogP contribution >= 0.6 is 7.67 Å². The summed E-state index contributed by atoms with van der Waals surface area (Å²) in [6.07, 6.45) is 0.0817. The Kier molecular flexibility index (Phi) is 8.53. The Morgan fingerprint density at radius 1 is 1.36 bits per heavy atom. The maximum absolute atomic E-state index is 14.0. The molecule has 0 amide bonds. The fraction of sp³-hybridized carbons (Fsp3) is 0.739. The molecule has 1 aliphatic heterocycles. The Hall–Kier alpha value is -2.39. The van der Waals surface area contributed by atoms with Crippen molar-refractivity contribution in [3.05, 3.63) is 6.33 Å². The number of carbonyl (C=O) groups is 1. The van der Waals surface area contributed by atoms with Crippen molar-refractivity contribution in [3.8, 4) is 5.88 Å². The number of hydrogen-bond donors (Lipinski definition) is 5. The SMILES string of the molecule is CCOC(=O)C1(NP(=O)(NC(C)C)OC[C@H]2O[C@@H](n3cnc4c(OC)nc(N)nc43)C(C)(O)C2O)CCCC1. The van der Waals surface area contributed by atoms with E-state index in [1.54, 1.807) is 20.8 Å². The van der Waals surface area contributed by atoms with Crippen molar-refractivity contribution < 1.29 is 38.3 Å². The number of ether oxygens (including phenoxy) is 3. The van der Waals surface area contributed by atoms with Gasteiger partial charge >= 0.3 is 13.6 Å². The quantitative estimate of drug-likeness (QED) is 0.189. The van der Waals surface area contributed by atoms with E-state index in [1.165, 1.54) is 24.9 Å². The fourth-order valence-electron chi connectivity index (χ4n) is 5.11. The van der Waals surface area contributed by atoms with Crippen LogP contribution in [0.4, 0.5) is 5.95 Å². The molecule has 39 heavy (non-hydrogen) atoms. The topological polar surface area (TPSA) is 205 Å². The highest BCUT2D eigenvalue weighted by atomic mass is 31.2. The van der Waals surface area contributed by atoms with Crippen molar-refractivity contribution in [2.45, 2.75) is 89.0 Å². The fourth-order valence-corrected chi connectivity index (χ4v) is 7.23. The molecule has 3 unspecified atom stereocenters. The second-order valence-electron chi connectivity index (χ2n) is 10.4. The Balaban J connectivity index is 1.57. The van der Waals surface area contributed by atoms with Crippen LogP contribution in [0, 0.1) is 0 Å². The van der Waals surface area contributed by atoms with E-state index in [2.05, 4.69) is 25.1 Å². The molecule has 16 heteroatoms. The maximum Gasteiger partial charge on any atom is 0.342 e. The number of aliphatic hydroxyl groups excluding tert-OH is 1. The lowest BCUT2D eigenvalue weighted by atomic mass is 9.96. The van der Waals surface area contributed by atoms with Crippen LogP contribution in [0.5, 0.6) is 5.88 Å². The number of nitrogens with one attached hydrogen (secondary N) is 2. The third kappa shape index (κ3) is 5.75. The molecule has 5 atom stereocenters. The van der Waals surface area contributed by atoms with Gasteiger partial charge in [0, 0.05) is 6.04 Å². The van der Waals surface area contributed by atoms with E-state index in [0.29, 0.717) is 12.8 Å². The van der Waals surface area contributed by atoms with Gasteiger partial charge in [-0.1, -0.05) is 12.8 Å². The summed E-state index contributed by atoms with van der Waals surface area (Å²) in [4.78, 5) is 25.3. The van der Waals surface area contributed by atoms with Crippen molar-refractivity contribution in [3.63, 3.8) is 0 Å². The zero-order valence-electron chi connectivity index (χ0n) is 22.8. The van der Waals surface area contributed by atoms with Gasteiger partial charge < -0.3 is 34.7 Å². The molecule has 218 valence electrons.